The van der Waals surface area contributed by atoms with Crippen LogP contribution < -0.4 is 0 Å². The maximum absolute atomic E-state index is 2.46. The van der Waals surface area contributed by atoms with Crippen LogP contribution in [0.2, 0.25) is 0 Å². The van der Waals surface area contributed by atoms with E-state index in [1.165, 1.54) is 97.8 Å². The van der Waals surface area contributed by atoms with Crippen LogP contribution in [0.3, 0.4) is 0 Å². The molecule has 0 fully saturated rings. The summed E-state index contributed by atoms with van der Waals surface area (Å²) in [5.41, 5.74) is 12.3. The number of hydrogen-bond acceptors (Lipinski definition) is 1. The summed E-state index contributed by atoms with van der Waals surface area (Å²) in [6, 6.07) is 62.4. The largest absolute Gasteiger partial charge is 0.309 e. The van der Waals surface area contributed by atoms with Crippen LogP contribution in [0.15, 0.2) is 180 Å². The van der Waals surface area contributed by atoms with Gasteiger partial charge in [-0.25, -0.2) is 0 Å². The Morgan fingerprint density at radius 1 is 0.327 bits per heavy atom. The lowest BCUT2D eigenvalue weighted by atomic mass is 9.93. The van der Waals surface area contributed by atoms with E-state index in [1.807, 2.05) is 11.8 Å². The summed E-state index contributed by atoms with van der Waals surface area (Å²) in [6.45, 7) is 0. The maximum Gasteiger partial charge on any atom is 0.0553 e. The fourth-order valence-electron chi connectivity index (χ4n) is 8.19. The molecule has 3 heteroatoms. The van der Waals surface area contributed by atoms with Crippen molar-refractivity contribution in [2.24, 2.45) is 0 Å². The molecule has 0 saturated carbocycles. The molecular formula is C46H28N2S. The molecule has 0 bridgehead atoms. The molecule has 0 N–H and O–H groups in total. The molecule has 8 aromatic carbocycles. The molecule has 2 nitrogen and oxygen atoms in total. The molecule has 0 amide bonds. The number of benzene rings is 8. The number of para-hydroxylation sites is 3. The summed E-state index contributed by atoms with van der Waals surface area (Å²) in [7, 11) is 0. The van der Waals surface area contributed by atoms with Crippen LogP contribution >= 0.6 is 11.8 Å². The van der Waals surface area contributed by atoms with Gasteiger partial charge >= 0.3 is 0 Å². The predicted octanol–water partition coefficient (Wildman–Crippen LogP) is 12.8. The molecule has 1 aliphatic heterocycles. The Morgan fingerprint density at radius 3 is 1.67 bits per heavy atom. The van der Waals surface area contributed by atoms with Crippen molar-refractivity contribution in [1.29, 1.82) is 0 Å². The summed E-state index contributed by atoms with van der Waals surface area (Å²) in [6.07, 6.45) is 0. The Kier molecular flexibility index (Phi) is 5.63. The van der Waals surface area contributed by atoms with Crippen LogP contribution in [0.1, 0.15) is 0 Å². The standard InChI is InChI=1S/C46H28N2S/c1-3-12-31(13-4-1)47-39-19-9-7-16-33(39)36-26-29(22-24-40(36)47)30-23-25-41-38(27-30)45-35-18-11-21-44-46(35)37(34-17-8-10-20-43(34)49-44)28-42(45)48(41)32-14-5-2-6-15-32/h1-28H. The Labute approximate surface area is 287 Å². The van der Waals surface area contributed by atoms with Crippen molar-refractivity contribution in [2.45, 2.75) is 9.79 Å². The highest BCUT2D eigenvalue weighted by Crippen LogP contribution is 2.51. The van der Waals surface area contributed by atoms with Gasteiger partial charge in [0.1, 0.15) is 0 Å². The first kappa shape index (κ1) is 27.0. The first-order valence-corrected chi connectivity index (χ1v) is 17.6. The van der Waals surface area contributed by atoms with Crippen LogP contribution in [-0.4, -0.2) is 9.13 Å². The highest BCUT2D eigenvalue weighted by molar-refractivity contribution is 7.99. The third-order valence-corrected chi connectivity index (χ3v) is 11.4. The van der Waals surface area contributed by atoms with Gasteiger partial charge in [0.05, 0.1) is 22.1 Å². The maximum atomic E-state index is 2.46. The van der Waals surface area contributed by atoms with E-state index >= 15 is 0 Å². The van der Waals surface area contributed by atoms with Crippen molar-refractivity contribution in [3.8, 4) is 33.6 Å². The van der Waals surface area contributed by atoms with Gasteiger partial charge in [-0.2, -0.15) is 0 Å². The van der Waals surface area contributed by atoms with Crippen molar-refractivity contribution < 1.29 is 0 Å². The Balaban J connectivity index is 1.21. The van der Waals surface area contributed by atoms with Gasteiger partial charge in [0.25, 0.3) is 0 Å². The topological polar surface area (TPSA) is 9.86 Å². The zero-order valence-electron chi connectivity index (χ0n) is 26.5. The van der Waals surface area contributed by atoms with E-state index in [4.69, 9.17) is 0 Å². The van der Waals surface area contributed by atoms with Crippen molar-refractivity contribution in [3.05, 3.63) is 170 Å². The lowest BCUT2D eigenvalue weighted by Gasteiger charge is -2.21. The predicted molar refractivity (Wildman–Crippen MR) is 208 cm³/mol. The number of nitrogens with zero attached hydrogens (tertiary/aromatic N) is 2. The molecule has 10 aromatic rings. The van der Waals surface area contributed by atoms with Crippen LogP contribution in [0, 0.1) is 0 Å². The van der Waals surface area contributed by atoms with Crippen LogP contribution in [0.25, 0.3) is 88.0 Å². The first-order chi connectivity index (χ1) is 24.3. The lowest BCUT2D eigenvalue weighted by molar-refractivity contribution is 1.18. The van der Waals surface area contributed by atoms with Crippen LogP contribution in [0.4, 0.5) is 0 Å². The van der Waals surface area contributed by atoms with E-state index in [0.29, 0.717) is 0 Å². The van der Waals surface area contributed by atoms with E-state index < -0.39 is 0 Å². The normalized spacial score (nSPS) is 12.4. The zero-order valence-corrected chi connectivity index (χ0v) is 27.3. The van der Waals surface area contributed by atoms with Gasteiger partial charge in [-0.15, -0.1) is 0 Å². The molecule has 0 saturated heterocycles. The van der Waals surface area contributed by atoms with Gasteiger partial charge in [-0.1, -0.05) is 109 Å². The molecule has 0 aliphatic carbocycles. The molecule has 11 rings (SSSR count). The average Bonchev–Trinajstić information content (AvgIpc) is 3.68. The molecule has 228 valence electrons. The van der Waals surface area contributed by atoms with E-state index in [9.17, 15) is 0 Å². The van der Waals surface area contributed by atoms with E-state index in [1.54, 1.807) is 0 Å². The van der Waals surface area contributed by atoms with Gasteiger partial charge in [-0.3, -0.25) is 0 Å². The van der Waals surface area contributed by atoms with Gasteiger partial charge in [0, 0.05) is 48.1 Å². The minimum Gasteiger partial charge on any atom is -0.309 e. The minimum absolute atomic E-state index is 1.17. The lowest BCUT2D eigenvalue weighted by Crippen LogP contribution is -1.96. The van der Waals surface area contributed by atoms with Crippen molar-refractivity contribution in [2.75, 3.05) is 0 Å². The van der Waals surface area contributed by atoms with Gasteiger partial charge < -0.3 is 9.13 Å². The number of rotatable bonds is 3. The molecule has 1 aliphatic rings. The number of hydrogen-bond donors (Lipinski definition) is 0. The summed E-state index contributed by atoms with van der Waals surface area (Å²) in [5.74, 6) is 0. The fourth-order valence-corrected chi connectivity index (χ4v) is 9.33. The van der Waals surface area contributed by atoms with Crippen molar-refractivity contribution in [1.82, 2.24) is 9.13 Å². The van der Waals surface area contributed by atoms with Gasteiger partial charge in [0.2, 0.25) is 0 Å². The number of aromatic nitrogens is 2. The molecule has 0 unspecified atom stereocenters. The minimum atomic E-state index is 1.17. The quantitative estimate of drug-likeness (QED) is 0.187. The van der Waals surface area contributed by atoms with Crippen molar-refractivity contribution >= 4 is 66.1 Å². The second-order valence-electron chi connectivity index (χ2n) is 12.9. The van der Waals surface area contributed by atoms with Crippen LogP contribution in [-0.2, 0) is 0 Å². The Morgan fingerprint density at radius 2 is 0.898 bits per heavy atom. The van der Waals surface area contributed by atoms with E-state index in [-0.39, 0.29) is 0 Å². The smallest absolute Gasteiger partial charge is 0.0553 e. The Hall–Kier alpha value is -6.03. The summed E-state index contributed by atoms with van der Waals surface area (Å²) >= 11 is 1.89. The SMILES string of the molecule is c1ccc(-n2c3ccccc3c3cc(-c4ccc5c(c4)c4c6cccc7c6c(cc4n5-c4ccccc4)-c4ccccc4S7)ccc32)cc1. The molecular weight excluding hydrogens is 613 g/mol. The molecule has 49 heavy (non-hydrogen) atoms. The van der Waals surface area contributed by atoms with Gasteiger partial charge in [-0.05, 0) is 100 Å². The summed E-state index contributed by atoms with van der Waals surface area (Å²) < 4.78 is 4.84. The molecule has 3 heterocycles. The highest BCUT2D eigenvalue weighted by atomic mass is 32.2. The molecule has 0 radical (unpaired) electrons. The second-order valence-corrected chi connectivity index (χ2v) is 14.0. The van der Waals surface area contributed by atoms with E-state index in [2.05, 4.69) is 179 Å². The highest BCUT2D eigenvalue weighted by Gasteiger charge is 2.24. The number of fused-ring (bicyclic) bond motifs is 9. The van der Waals surface area contributed by atoms with Crippen molar-refractivity contribution in [3.63, 3.8) is 0 Å². The summed E-state index contributed by atoms with van der Waals surface area (Å²) in [4.78, 5) is 2.64. The van der Waals surface area contributed by atoms with Crippen LogP contribution in [0.5, 0.6) is 0 Å². The van der Waals surface area contributed by atoms with Gasteiger partial charge in [0.15, 0.2) is 0 Å². The molecule has 0 spiro atoms. The first-order valence-electron chi connectivity index (χ1n) is 16.8. The average molecular weight is 641 g/mol. The second kappa shape index (κ2) is 10.2. The Bertz CT molecular complexity index is 2950. The zero-order chi connectivity index (χ0) is 32.1. The third kappa shape index (κ3) is 3.85. The molecule has 0 atom stereocenters. The van der Waals surface area contributed by atoms with E-state index in [0.717, 1.165) is 0 Å². The fraction of sp³-hybridized carbons (Fsp3) is 0. The third-order valence-electron chi connectivity index (χ3n) is 10.3. The molecule has 2 aromatic heterocycles. The summed E-state index contributed by atoms with van der Waals surface area (Å²) in [5, 5.41) is 7.78. The monoisotopic (exact) mass is 640 g/mol.